The van der Waals surface area contributed by atoms with E-state index in [2.05, 4.69) is 15.9 Å². The molecule has 2 rings (SSSR count). The van der Waals surface area contributed by atoms with Crippen LogP contribution in [0.15, 0.2) is 18.2 Å². The van der Waals surface area contributed by atoms with Crippen LogP contribution < -0.4 is 0 Å². The van der Waals surface area contributed by atoms with Crippen molar-refractivity contribution in [1.29, 1.82) is 0 Å². The van der Waals surface area contributed by atoms with Gasteiger partial charge in [-0.25, -0.2) is 4.39 Å². The van der Waals surface area contributed by atoms with Crippen LogP contribution >= 0.6 is 27.5 Å². The third-order valence-electron chi connectivity index (χ3n) is 3.24. The van der Waals surface area contributed by atoms with Gasteiger partial charge in [0.15, 0.2) is 0 Å². The van der Waals surface area contributed by atoms with Gasteiger partial charge >= 0.3 is 0 Å². The molecule has 1 fully saturated rings. The van der Waals surface area contributed by atoms with Crippen LogP contribution in [0.3, 0.4) is 0 Å². The Labute approximate surface area is 109 Å². The van der Waals surface area contributed by atoms with Gasteiger partial charge < -0.3 is 0 Å². The molecule has 3 heteroatoms. The van der Waals surface area contributed by atoms with Crippen LogP contribution in [0, 0.1) is 11.7 Å². The van der Waals surface area contributed by atoms with Crippen molar-refractivity contribution in [1.82, 2.24) is 0 Å². The van der Waals surface area contributed by atoms with Crippen molar-refractivity contribution < 1.29 is 4.39 Å². The second kappa shape index (κ2) is 5.50. The molecule has 0 spiro atoms. The first-order valence-electron chi connectivity index (χ1n) is 5.73. The van der Waals surface area contributed by atoms with Crippen molar-refractivity contribution >= 4 is 27.5 Å². The van der Waals surface area contributed by atoms with Crippen LogP contribution in [0.2, 0.25) is 5.02 Å². The first-order valence-corrected chi connectivity index (χ1v) is 7.02. The normalized spacial score (nSPS) is 25.7. The highest BCUT2D eigenvalue weighted by molar-refractivity contribution is 9.09. The second-order valence-electron chi connectivity index (χ2n) is 4.57. The molecule has 0 N–H and O–H groups in total. The lowest BCUT2D eigenvalue weighted by Gasteiger charge is -2.25. The molecule has 88 valence electrons. The highest BCUT2D eigenvalue weighted by Crippen LogP contribution is 2.32. The van der Waals surface area contributed by atoms with E-state index in [9.17, 15) is 4.39 Å². The van der Waals surface area contributed by atoms with Gasteiger partial charge in [-0.3, -0.25) is 0 Å². The van der Waals surface area contributed by atoms with Crippen molar-refractivity contribution in [3.63, 3.8) is 0 Å². The zero-order valence-electron chi connectivity index (χ0n) is 9.06. The monoisotopic (exact) mass is 304 g/mol. The maximum Gasteiger partial charge on any atom is 0.127 e. The average molecular weight is 306 g/mol. The van der Waals surface area contributed by atoms with Gasteiger partial charge in [-0.1, -0.05) is 46.4 Å². The fourth-order valence-electron chi connectivity index (χ4n) is 2.41. The van der Waals surface area contributed by atoms with Gasteiger partial charge in [-0.2, -0.15) is 0 Å². The van der Waals surface area contributed by atoms with Gasteiger partial charge in [0, 0.05) is 9.85 Å². The molecule has 0 saturated heterocycles. The lowest BCUT2D eigenvalue weighted by Crippen LogP contribution is -2.17. The van der Waals surface area contributed by atoms with Crippen LogP contribution in [0.4, 0.5) is 4.39 Å². The molecule has 16 heavy (non-hydrogen) atoms. The molecule has 2 unspecified atom stereocenters. The van der Waals surface area contributed by atoms with Crippen LogP contribution in [-0.2, 0) is 6.42 Å². The molecular formula is C13H15BrClF. The molecule has 1 aromatic carbocycles. The maximum atomic E-state index is 13.6. The Morgan fingerprint density at radius 2 is 2.19 bits per heavy atom. The summed E-state index contributed by atoms with van der Waals surface area (Å²) in [6, 6.07) is 5.00. The summed E-state index contributed by atoms with van der Waals surface area (Å²) in [6.45, 7) is 0. The predicted molar refractivity (Wildman–Crippen MR) is 69.8 cm³/mol. The molecular weight excluding hydrogens is 290 g/mol. The van der Waals surface area contributed by atoms with Crippen LogP contribution in [-0.4, -0.2) is 4.83 Å². The highest BCUT2D eigenvalue weighted by Gasteiger charge is 2.21. The van der Waals surface area contributed by atoms with E-state index < -0.39 is 0 Å². The fraction of sp³-hybridized carbons (Fsp3) is 0.538. The van der Waals surface area contributed by atoms with Gasteiger partial charge in [-0.15, -0.1) is 0 Å². The van der Waals surface area contributed by atoms with Gasteiger partial charge in [0.1, 0.15) is 5.82 Å². The standard InChI is InChI=1S/C13H15BrClF/c14-11-3-1-2-9(7-11)6-10-4-5-12(15)8-13(10)16/h4-5,8-9,11H,1-3,6-7H2. The summed E-state index contributed by atoms with van der Waals surface area (Å²) < 4.78 is 13.6. The summed E-state index contributed by atoms with van der Waals surface area (Å²) in [7, 11) is 0. The zero-order valence-corrected chi connectivity index (χ0v) is 11.4. The largest absolute Gasteiger partial charge is 0.207 e. The minimum absolute atomic E-state index is 0.163. The van der Waals surface area contributed by atoms with E-state index >= 15 is 0 Å². The topological polar surface area (TPSA) is 0 Å². The van der Waals surface area contributed by atoms with Gasteiger partial charge in [-0.05, 0) is 42.9 Å². The quantitative estimate of drug-likeness (QED) is 0.676. The lowest BCUT2D eigenvalue weighted by molar-refractivity contribution is 0.364. The molecule has 0 aromatic heterocycles. The van der Waals surface area contributed by atoms with E-state index in [-0.39, 0.29) is 5.82 Å². The Balaban J connectivity index is 2.02. The maximum absolute atomic E-state index is 13.6. The van der Waals surface area contributed by atoms with Crippen LogP contribution in [0.25, 0.3) is 0 Å². The van der Waals surface area contributed by atoms with Crippen molar-refractivity contribution in [3.05, 3.63) is 34.6 Å². The van der Waals surface area contributed by atoms with Crippen molar-refractivity contribution in [2.75, 3.05) is 0 Å². The summed E-state index contributed by atoms with van der Waals surface area (Å²) in [5, 5.41) is 0.475. The van der Waals surface area contributed by atoms with E-state index in [1.165, 1.54) is 25.3 Å². The molecule has 1 aromatic rings. The predicted octanol–water partition coefficient (Wildman–Crippen LogP) is 4.98. The van der Waals surface area contributed by atoms with E-state index in [0.29, 0.717) is 15.8 Å². The third kappa shape index (κ3) is 3.21. The molecule has 0 nitrogen and oxygen atoms in total. The molecule has 1 aliphatic carbocycles. The van der Waals surface area contributed by atoms with E-state index in [1.54, 1.807) is 6.07 Å². The van der Waals surface area contributed by atoms with Gasteiger partial charge in [0.25, 0.3) is 0 Å². The SMILES string of the molecule is Fc1cc(Cl)ccc1CC1CCCC(Br)C1. The summed E-state index contributed by atoms with van der Waals surface area (Å²) in [6.07, 6.45) is 5.70. The average Bonchev–Trinajstić information content (AvgIpc) is 2.22. The molecule has 1 aliphatic rings. The summed E-state index contributed by atoms with van der Waals surface area (Å²) in [5.74, 6) is 0.443. The van der Waals surface area contributed by atoms with Gasteiger partial charge in [0.2, 0.25) is 0 Å². The Morgan fingerprint density at radius 1 is 1.38 bits per heavy atom. The molecule has 0 heterocycles. The van der Waals surface area contributed by atoms with Crippen LogP contribution in [0.1, 0.15) is 31.2 Å². The van der Waals surface area contributed by atoms with E-state index in [0.717, 1.165) is 18.4 Å². The summed E-state index contributed by atoms with van der Waals surface area (Å²) >= 11 is 9.39. The Bertz CT molecular complexity index is 367. The van der Waals surface area contributed by atoms with Crippen molar-refractivity contribution in [2.24, 2.45) is 5.92 Å². The van der Waals surface area contributed by atoms with Crippen LogP contribution in [0.5, 0.6) is 0 Å². The third-order valence-corrected chi connectivity index (χ3v) is 4.31. The molecule has 0 radical (unpaired) electrons. The number of benzene rings is 1. The first-order chi connectivity index (χ1) is 7.65. The Morgan fingerprint density at radius 3 is 2.88 bits per heavy atom. The molecule has 1 saturated carbocycles. The molecule has 0 bridgehead atoms. The fourth-order valence-corrected chi connectivity index (χ4v) is 3.42. The van der Waals surface area contributed by atoms with Gasteiger partial charge in [0.05, 0.1) is 0 Å². The van der Waals surface area contributed by atoms with Crippen molar-refractivity contribution in [2.45, 2.75) is 36.9 Å². The Hall–Kier alpha value is -0.0800. The molecule has 0 aliphatic heterocycles. The van der Waals surface area contributed by atoms with E-state index in [4.69, 9.17) is 11.6 Å². The summed E-state index contributed by atoms with van der Waals surface area (Å²) in [5.41, 5.74) is 0.802. The number of rotatable bonds is 2. The highest BCUT2D eigenvalue weighted by atomic mass is 79.9. The number of hydrogen-bond acceptors (Lipinski definition) is 0. The molecule has 2 atom stereocenters. The Kier molecular flexibility index (Phi) is 4.26. The first kappa shape index (κ1) is 12.4. The van der Waals surface area contributed by atoms with E-state index in [1.807, 2.05) is 6.07 Å². The minimum Gasteiger partial charge on any atom is -0.207 e. The molecule has 0 amide bonds. The zero-order chi connectivity index (χ0) is 11.5. The minimum atomic E-state index is -0.163. The number of hydrogen-bond donors (Lipinski definition) is 0. The lowest BCUT2D eigenvalue weighted by atomic mass is 9.85. The second-order valence-corrected chi connectivity index (χ2v) is 6.30. The number of alkyl halides is 1. The van der Waals surface area contributed by atoms with Crippen molar-refractivity contribution in [3.8, 4) is 0 Å². The smallest absolute Gasteiger partial charge is 0.127 e. The summed E-state index contributed by atoms with van der Waals surface area (Å²) in [4.78, 5) is 0.613. The number of halogens is 3.